The molecule has 2 nitrogen and oxygen atoms in total. The lowest BCUT2D eigenvalue weighted by atomic mass is 9.61. The molecule has 2 heterocycles. The van der Waals surface area contributed by atoms with Gasteiger partial charge in [-0.3, -0.25) is 0 Å². The first-order valence-corrected chi connectivity index (χ1v) is 19.2. The SMILES string of the molecule is c1ccc(-n2c3ccccc3c3cc(C45c6ccccc6-c6ccc7c(-n8c9ccccc9c9ccccc98)ccc(c7c64)-c4ccccc45)ccc32)cc1. The van der Waals surface area contributed by atoms with Crippen LogP contribution in [0.1, 0.15) is 22.3 Å². The monoisotopic (exact) mass is 696 g/mol. The number of aromatic nitrogens is 2. The minimum absolute atomic E-state index is 0.515. The molecule has 2 aromatic heterocycles. The van der Waals surface area contributed by atoms with Gasteiger partial charge in [0.1, 0.15) is 0 Å². The minimum atomic E-state index is -0.515. The van der Waals surface area contributed by atoms with Gasteiger partial charge in [-0.2, -0.15) is 0 Å². The van der Waals surface area contributed by atoms with E-state index in [1.54, 1.807) is 0 Å². The largest absolute Gasteiger partial charge is 0.309 e. The van der Waals surface area contributed by atoms with Crippen LogP contribution >= 0.6 is 0 Å². The van der Waals surface area contributed by atoms with Crippen molar-refractivity contribution >= 4 is 54.4 Å². The normalized spacial score (nSPS) is 15.3. The van der Waals surface area contributed by atoms with Crippen LogP contribution < -0.4 is 0 Å². The molecule has 0 radical (unpaired) electrons. The van der Waals surface area contributed by atoms with E-state index in [-0.39, 0.29) is 0 Å². The van der Waals surface area contributed by atoms with Crippen molar-refractivity contribution in [2.75, 3.05) is 0 Å². The number of para-hydroxylation sites is 4. The molecular weight excluding hydrogens is 665 g/mol. The molecule has 254 valence electrons. The maximum absolute atomic E-state index is 2.51. The lowest BCUT2D eigenvalue weighted by Gasteiger charge is -2.40. The van der Waals surface area contributed by atoms with Crippen molar-refractivity contribution in [3.8, 4) is 33.6 Å². The lowest BCUT2D eigenvalue weighted by molar-refractivity contribution is 0.774. The van der Waals surface area contributed by atoms with Crippen LogP contribution in [0.2, 0.25) is 0 Å². The highest BCUT2D eigenvalue weighted by Crippen LogP contribution is 2.63. The summed E-state index contributed by atoms with van der Waals surface area (Å²) in [6.07, 6.45) is 0. The van der Waals surface area contributed by atoms with E-state index in [9.17, 15) is 0 Å². The van der Waals surface area contributed by atoms with Crippen molar-refractivity contribution in [1.82, 2.24) is 9.13 Å². The summed E-state index contributed by atoms with van der Waals surface area (Å²) in [5.74, 6) is 0. The van der Waals surface area contributed by atoms with E-state index in [4.69, 9.17) is 0 Å². The predicted molar refractivity (Wildman–Crippen MR) is 229 cm³/mol. The summed E-state index contributed by atoms with van der Waals surface area (Å²) in [6.45, 7) is 0. The van der Waals surface area contributed by atoms with E-state index >= 15 is 0 Å². The second-order valence-electron chi connectivity index (χ2n) is 15.2. The molecule has 13 rings (SSSR count). The van der Waals surface area contributed by atoms with Crippen LogP contribution in [0.4, 0.5) is 0 Å². The van der Waals surface area contributed by atoms with Crippen molar-refractivity contribution < 1.29 is 0 Å². The Morgan fingerprint density at radius 2 is 0.855 bits per heavy atom. The average molecular weight is 697 g/mol. The van der Waals surface area contributed by atoms with Gasteiger partial charge in [0.2, 0.25) is 0 Å². The third-order valence-corrected chi connectivity index (χ3v) is 12.7. The number of benzene rings is 9. The first kappa shape index (κ1) is 29.3. The average Bonchev–Trinajstić information content (AvgIpc) is 3.88. The third-order valence-electron chi connectivity index (χ3n) is 12.7. The van der Waals surface area contributed by atoms with Crippen LogP contribution in [0.15, 0.2) is 194 Å². The molecule has 1 unspecified atom stereocenters. The van der Waals surface area contributed by atoms with E-state index in [2.05, 4.69) is 203 Å². The van der Waals surface area contributed by atoms with Crippen LogP contribution in [-0.2, 0) is 5.41 Å². The van der Waals surface area contributed by atoms with Crippen molar-refractivity contribution in [2.24, 2.45) is 0 Å². The smallest absolute Gasteiger partial charge is 0.0726 e. The van der Waals surface area contributed by atoms with Crippen LogP contribution in [0.5, 0.6) is 0 Å². The first-order chi connectivity index (χ1) is 27.3. The second kappa shape index (κ2) is 10.5. The molecule has 0 saturated carbocycles. The van der Waals surface area contributed by atoms with Gasteiger partial charge in [-0.05, 0) is 98.4 Å². The third kappa shape index (κ3) is 3.55. The molecule has 9 aromatic carbocycles. The van der Waals surface area contributed by atoms with E-state index in [0.717, 1.165) is 0 Å². The molecule has 0 spiro atoms. The maximum Gasteiger partial charge on any atom is 0.0726 e. The van der Waals surface area contributed by atoms with Crippen LogP contribution in [-0.4, -0.2) is 9.13 Å². The Labute approximate surface area is 317 Å². The van der Waals surface area contributed by atoms with Crippen LogP contribution in [0.25, 0.3) is 88.0 Å². The Hall–Kier alpha value is -7.16. The van der Waals surface area contributed by atoms with Gasteiger partial charge in [0, 0.05) is 32.6 Å². The van der Waals surface area contributed by atoms with E-state index in [1.807, 2.05) is 0 Å². The zero-order chi connectivity index (χ0) is 35.8. The summed E-state index contributed by atoms with van der Waals surface area (Å²) in [5.41, 5.74) is 17.4. The summed E-state index contributed by atoms with van der Waals surface area (Å²) < 4.78 is 4.91. The molecule has 0 amide bonds. The fourth-order valence-electron chi connectivity index (χ4n) is 10.7. The maximum atomic E-state index is 2.51. The first-order valence-electron chi connectivity index (χ1n) is 19.2. The second-order valence-corrected chi connectivity index (χ2v) is 15.2. The molecule has 0 saturated heterocycles. The molecule has 2 aliphatic rings. The summed E-state index contributed by atoms with van der Waals surface area (Å²) in [5, 5.41) is 7.71. The van der Waals surface area contributed by atoms with Crippen molar-refractivity contribution in [2.45, 2.75) is 5.41 Å². The Balaban J connectivity index is 1.19. The summed E-state index contributed by atoms with van der Waals surface area (Å²) >= 11 is 0. The zero-order valence-electron chi connectivity index (χ0n) is 29.9. The van der Waals surface area contributed by atoms with Gasteiger partial charge in [0.15, 0.2) is 0 Å². The van der Waals surface area contributed by atoms with E-state index in [1.165, 1.54) is 110 Å². The Morgan fingerprint density at radius 3 is 1.55 bits per heavy atom. The van der Waals surface area contributed by atoms with Gasteiger partial charge in [0.25, 0.3) is 0 Å². The molecule has 0 aliphatic heterocycles. The molecule has 2 heteroatoms. The Morgan fingerprint density at radius 1 is 0.327 bits per heavy atom. The molecule has 55 heavy (non-hydrogen) atoms. The predicted octanol–water partition coefficient (Wildman–Crippen LogP) is 13.4. The zero-order valence-corrected chi connectivity index (χ0v) is 29.9. The van der Waals surface area contributed by atoms with Gasteiger partial charge in [0.05, 0.1) is 33.2 Å². The Bertz CT molecular complexity index is 3380. The standard InChI is InChI=1S/C53H32N2/c1-2-14-34(15-3-1)54-46-23-11-8-20-39(46)43-32-33(26-30-50(43)54)53-44-21-9-4-16-35(44)40-29-31-49(55-47-24-12-6-18-37(47)38-19-7-13-25-48(38)55)42-28-27-41(52(53)51(40)42)36-17-5-10-22-45(36)53/h1-32H. The van der Waals surface area contributed by atoms with Gasteiger partial charge >= 0.3 is 0 Å². The number of rotatable bonds is 3. The summed E-state index contributed by atoms with van der Waals surface area (Å²) in [7, 11) is 0. The molecule has 0 fully saturated rings. The highest BCUT2D eigenvalue weighted by atomic mass is 15.0. The molecule has 2 aliphatic carbocycles. The highest BCUT2D eigenvalue weighted by Gasteiger charge is 2.51. The van der Waals surface area contributed by atoms with Gasteiger partial charge in [-0.1, -0.05) is 146 Å². The van der Waals surface area contributed by atoms with Crippen molar-refractivity contribution in [3.63, 3.8) is 0 Å². The minimum Gasteiger partial charge on any atom is -0.309 e. The summed E-state index contributed by atoms with van der Waals surface area (Å²) in [6, 6.07) is 72.6. The van der Waals surface area contributed by atoms with Gasteiger partial charge in [-0.15, -0.1) is 0 Å². The molecule has 11 aromatic rings. The number of hydrogen-bond donors (Lipinski definition) is 0. The van der Waals surface area contributed by atoms with Crippen molar-refractivity contribution in [1.29, 1.82) is 0 Å². The number of nitrogens with zero attached hydrogens (tertiary/aromatic N) is 2. The highest BCUT2D eigenvalue weighted by molar-refractivity contribution is 6.16. The molecule has 0 bridgehead atoms. The van der Waals surface area contributed by atoms with Gasteiger partial charge < -0.3 is 9.13 Å². The quantitative estimate of drug-likeness (QED) is 0.174. The fourth-order valence-corrected chi connectivity index (χ4v) is 10.7. The van der Waals surface area contributed by atoms with Crippen molar-refractivity contribution in [3.05, 3.63) is 216 Å². The summed E-state index contributed by atoms with van der Waals surface area (Å²) in [4.78, 5) is 0. The Kier molecular flexibility index (Phi) is 5.59. The van der Waals surface area contributed by atoms with E-state index in [0.29, 0.717) is 0 Å². The fraction of sp³-hybridized carbons (Fsp3) is 0.0189. The molecule has 0 N–H and O–H groups in total. The van der Waals surface area contributed by atoms with Crippen LogP contribution in [0.3, 0.4) is 0 Å². The number of hydrogen-bond acceptors (Lipinski definition) is 0. The topological polar surface area (TPSA) is 9.86 Å². The molecule has 1 atom stereocenters. The number of fused-ring (bicyclic) bond motifs is 12. The molecular formula is C53H32N2. The van der Waals surface area contributed by atoms with E-state index < -0.39 is 5.41 Å². The van der Waals surface area contributed by atoms with Crippen LogP contribution in [0, 0.1) is 0 Å². The van der Waals surface area contributed by atoms with Gasteiger partial charge in [-0.25, -0.2) is 0 Å². The lowest BCUT2D eigenvalue weighted by Crippen LogP contribution is -2.31.